The van der Waals surface area contributed by atoms with Crippen molar-refractivity contribution in [1.29, 1.82) is 0 Å². The third-order valence-corrected chi connectivity index (χ3v) is 7.27. The topological polar surface area (TPSA) is 37.6 Å². The average molecular weight is 442 g/mol. The van der Waals surface area contributed by atoms with Gasteiger partial charge >= 0.3 is 0 Å². The first kappa shape index (κ1) is 20.8. The SMILES string of the molecule is Cc1cc(/C=C2\SC(=Nc3ccccc3)N(c3ccccc3)C2=O)c(C)n1C1CCCC1. The van der Waals surface area contributed by atoms with Crippen LogP contribution in [0.2, 0.25) is 0 Å². The third kappa shape index (κ3) is 3.93. The molecule has 1 aliphatic carbocycles. The number of nitrogens with zero attached hydrogens (tertiary/aromatic N) is 3. The van der Waals surface area contributed by atoms with Gasteiger partial charge in [0.25, 0.3) is 5.91 Å². The Hall–Kier alpha value is -3.05. The molecule has 162 valence electrons. The molecule has 5 heteroatoms. The van der Waals surface area contributed by atoms with Crippen LogP contribution >= 0.6 is 11.8 Å². The number of hydrogen-bond donors (Lipinski definition) is 0. The molecule has 0 radical (unpaired) electrons. The van der Waals surface area contributed by atoms with Crippen LogP contribution in [0, 0.1) is 13.8 Å². The van der Waals surface area contributed by atoms with Crippen LogP contribution in [0.25, 0.3) is 6.08 Å². The minimum atomic E-state index is -0.0263. The number of carbonyl (C=O) groups is 1. The normalized spacial score (nSPS) is 19.6. The van der Waals surface area contributed by atoms with Crippen LogP contribution in [-0.4, -0.2) is 15.6 Å². The van der Waals surface area contributed by atoms with Crippen molar-refractivity contribution < 1.29 is 4.79 Å². The minimum absolute atomic E-state index is 0.0263. The second-order valence-electron chi connectivity index (χ2n) is 8.45. The smallest absolute Gasteiger partial charge is 0.271 e. The molecule has 0 spiro atoms. The van der Waals surface area contributed by atoms with Crippen molar-refractivity contribution >= 4 is 40.3 Å². The van der Waals surface area contributed by atoms with Gasteiger partial charge in [0.2, 0.25) is 0 Å². The number of rotatable bonds is 4. The molecule has 0 atom stereocenters. The van der Waals surface area contributed by atoms with Gasteiger partial charge in [0.15, 0.2) is 5.17 Å². The van der Waals surface area contributed by atoms with Gasteiger partial charge in [-0.25, -0.2) is 4.99 Å². The lowest BCUT2D eigenvalue weighted by molar-refractivity contribution is -0.113. The summed E-state index contributed by atoms with van der Waals surface area (Å²) in [5.74, 6) is -0.0263. The lowest BCUT2D eigenvalue weighted by Crippen LogP contribution is -2.28. The molecule has 32 heavy (non-hydrogen) atoms. The largest absolute Gasteiger partial charge is 0.346 e. The second-order valence-corrected chi connectivity index (χ2v) is 9.46. The Morgan fingerprint density at radius 2 is 1.62 bits per heavy atom. The first-order chi connectivity index (χ1) is 15.6. The highest BCUT2D eigenvalue weighted by Crippen LogP contribution is 2.39. The fraction of sp³-hybridized carbons (Fsp3) is 0.259. The lowest BCUT2D eigenvalue weighted by atomic mass is 10.2. The number of aromatic nitrogens is 1. The maximum atomic E-state index is 13.5. The van der Waals surface area contributed by atoms with E-state index in [9.17, 15) is 4.79 Å². The van der Waals surface area contributed by atoms with Crippen molar-refractivity contribution in [3.05, 3.63) is 88.6 Å². The summed E-state index contributed by atoms with van der Waals surface area (Å²) in [5.41, 5.74) is 5.31. The summed E-state index contributed by atoms with van der Waals surface area (Å²) in [6.07, 6.45) is 7.14. The van der Waals surface area contributed by atoms with Gasteiger partial charge in [0, 0.05) is 17.4 Å². The minimum Gasteiger partial charge on any atom is -0.346 e. The first-order valence-electron chi connectivity index (χ1n) is 11.2. The number of amides is 1. The van der Waals surface area contributed by atoms with Crippen molar-refractivity contribution in [2.45, 2.75) is 45.6 Å². The Bertz CT molecular complexity index is 1190. The van der Waals surface area contributed by atoms with Crippen LogP contribution in [-0.2, 0) is 4.79 Å². The molecule has 1 saturated heterocycles. The van der Waals surface area contributed by atoms with E-state index in [1.807, 2.05) is 66.7 Å². The average Bonchev–Trinajstić information content (AvgIpc) is 3.49. The Labute approximate surface area is 193 Å². The molecule has 1 aromatic heterocycles. The Kier molecular flexibility index (Phi) is 5.75. The molecule has 0 bridgehead atoms. The number of aliphatic imine (C=N–C) groups is 1. The number of amidine groups is 1. The van der Waals surface area contributed by atoms with Crippen molar-refractivity contribution in [2.75, 3.05) is 4.90 Å². The van der Waals surface area contributed by atoms with Gasteiger partial charge in [-0.05, 0) is 80.4 Å². The van der Waals surface area contributed by atoms with Gasteiger partial charge in [0.05, 0.1) is 16.3 Å². The summed E-state index contributed by atoms with van der Waals surface area (Å²) >= 11 is 1.45. The van der Waals surface area contributed by atoms with Crippen LogP contribution in [0.4, 0.5) is 11.4 Å². The number of thioether (sulfide) groups is 1. The first-order valence-corrected chi connectivity index (χ1v) is 12.0. The zero-order valence-corrected chi connectivity index (χ0v) is 19.3. The van der Waals surface area contributed by atoms with Gasteiger partial charge in [-0.2, -0.15) is 0 Å². The molecule has 0 unspecified atom stereocenters. The summed E-state index contributed by atoms with van der Waals surface area (Å²) in [4.78, 5) is 20.8. The number of para-hydroxylation sites is 2. The van der Waals surface area contributed by atoms with E-state index in [-0.39, 0.29) is 5.91 Å². The van der Waals surface area contributed by atoms with Crippen molar-refractivity contribution in [3.63, 3.8) is 0 Å². The van der Waals surface area contributed by atoms with Crippen molar-refractivity contribution in [3.8, 4) is 0 Å². The van der Waals surface area contributed by atoms with Crippen molar-refractivity contribution in [2.24, 2.45) is 4.99 Å². The molecule has 2 heterocycles. The number of carbonyl (C=O) groups excluding carboxylic acids is 1. The molecular formula is C27H27N3OS. The third-order valence-electron chi connectivity index (χ3n) is 6.30. The lowest BCUT2D eigenvalue weighted by Gasteiger charge is -2.17. The molecule has 1 saturated carbocycles. The highest BCUT2D eigenvalue weighted by atomic mass is 32.2. The second kappa shape index (κ2) is 8.83. The quantitative estimate of drug-likeness (QED) is 0.408. The number of hydrogen-bond acceptors (Lipinski definition) is 3. The predicted octanol–water partition coefficient (Wildman–Crippen LogP) is 7.03. The standard InChI is InChI=1S/C27H27N3OS/c1-19-17-21(20(2)29(19)23-15-9-10-16-23)18-25-26(31)30(24-13-7-4-8-14-24)27(32-25)28-22-11-5-3-6-12-22/h3-8,11-14,17-18,23H,9-10,15-16H2,1-2H3/b25-18-,28-27?. The Morgan fingerprint density at radius 1 is 0.969 bits per heavy atom. The number of anilines is 1. The van der Waals surface area contributed by atoms with Crippen molar-refractivity contribution in [1.82, 2.24) is 4.57 Å². The zero-order valence-electron chi connectivity index (χ0n) is 18.5. The molecule has 1 amide bonds. The summed E-state index contributed by atoms with van der Waals surface area (Å²) < 4.78 is 2.47. The fourth-order valence-corrected chi connectivity index (χ4v) is 5.77. The molecule has 2 aliphatic rings. The van der Waals surface area contributed by atoms with E-state index in [1.54, 1.807) is 4.90 Å². The maximum absolute atomic E-state index is 13.5. The van der Waals surface area contributed by atoms with E-state index in [0.717, 1.165) is 16.9 Å². The van der Waals surface area contributed by atoms with E-state index in [2.05, 4.69) is 24.5 Å². The molecule has 2 fully saturated rings. The van der Waals surface area contributed by atoms with E-state index < -0.39 is 0 Å². The van der Waals surface area contributed by atoms with E-state index >= 15 is 0 Å². The molecule has 5 rings (SSSR count). The summed E-state index contributed by atoms with van der Waals surface area (Å²) in [6, 6.07) is 22.4. The van der Waals surface area contributed by atoms with E-state index in [1.165, 1.54) is 48.8 Å². The van der Waals surface area contributed by atoms with Crippen LogP contribution in [0.3, 0.4) is 0 Å². The monoisotopic (exact) mass is 441 g/mol. The zero-order chi connectivity index (χ0) is 22.1. The number of aryl methyl sites for hydroxylation is 1. The summed E-state index contributed by atoms with van der Waals surface area (Å²) in [5, 5.41) is 0.684. The predicted molar refractivity (Wildman–Crippen MR) is 134 cm³/mol. The molecular weight excluding hydrogens is 414 g/mol. The van der Waals surface area contributed by atoms with Gasteiger partial charge in [0.1, 0.15) is 0 Å². The van der Waals surface area contributed by atoms with Crippen LogP contribution in [0.5, 0.6) is 0 Å². The van der Waals surface area contributed by atoms with E-state index in [0.29, 0.717) is 16.1 Å². The summed E-state index contributed by atoms with van der Waals surface area (Å²) in [6.45, 7) is 4.35. The van der Waals surface area contributed by atoms with E-state index in [4.69, 9.17) is 4.99 Å². The van der Waals surface area contributed by atoms with Crippen LogP contribution < -0.4 is 4.90 Å². The fourth-order valence-electron chi connectivity index (χ4n) is 4.78. The summed E-state index contributed by atoms with van der Waals surface area (Å²) in [7, 11) is 0. The molecule has 2 aromatic carbocycles. The highest BCUT2D eigenvalue weighted by Gasteiger charge is 2.35. The molecule has 4 nitrogen and oxygen atoms in total. The molecule has 1 aliphatic heterocycles. The van der Waals surface area contributed by atoms with Gasteiger partial charge in [-0.3, -0.25) is 9.69 Å². The maximum Gasteiger partial charge on any atom is 0.271 e. The molecule has 0 N–H and O–H groups in total. The van der Waals surface area contributed by atoms with Gasteiger partial charge < -0.3 is 4.57 Å². The Balaban J connectivity index is 1.54. The van der Waals surface area contributed by atoms with Gasteiger partial charge in [-0.1, -0.05) is 49.2 Å². The highest BCUT2D eigenvalue weighted by molar-refractivity contribution is 8.19. The Morgan fingerprint density at radius 3 is 2.31 bits per heavy atom. The van der Waals surface area contributed by atoms with Crippen LogP contribution in [0.15, 0.2) is 76.6 Å². The van der Waals surface area contributed by atoms with Gasteiger partial charge in [-0.15, -0.1) is 0 Å². The van der Waals surface area contributed by atoms with Crippen LogP contribution in [0.1, 0.15) is 48.7 Å². The molecule has 3 aromatic rings. The number of benzene rings is 2.